The van der Waals surface area contributed by atoms with Gasteiger partial charge in [-0.15, -0.1) is 0 Å². The number of furan rings is 2. The van der Waals surface area contributed by atoms with Crippen molar-refractivity contribution in [3.63, 3.8) is 0 Å². The molecule has 0 saturated carbocycles. The molecule has 0 spiro atoms. The minimum absolute atomic E-state index is 0.0294. The Labute approximate surface area is 173 Å². The number of anilines is 2. The molecule has 2 amide bonds. The fourth-order valence-electron chi connectivity index (χ4n) is 4.13. The van der Waals surface area contributed by atoms with Crippen LogP contribution in [0.5, 0.6) is 0 Å². The largest absolute Gasteiger partial charge is 0.467 e. The summed E-state index contributed by atoms with van der Waals surface area (Å²) in [4.78, 5) is 28.1. The molecule has 2 aromatic heterocycles. The molecule has 30 heavy (non-hydrogen) atoms. The van der Waals surface area contributed by atoms with E-state index in [1.165, 1.54) is 0 Å². The van der Waals surface area contributed by atoms with Gasteiger partial charge in [-0.05, 0) is 49.2 Å². The van der Waals surface area contributed by atoms with E-state index in [-0.39, 0.29) is 18.4 Å². The first kappa shape index (κ1) is 18.3. The number of nitrogens with zero attached hydrogens (tertiary/aromatic N) is 1. The monoisotopic (exact) mass is 403 g/mol. The van der Waals surface area contributed by atoms with Gasteiger partial charge in [0.15, 0.2) is 5.78 Å². The number of allylic oxidation sites excluding steroid dienone is 1. The molecule has 3 heterocycles. The van der Waals surface area contributed by atoms with Gasteiger partial charge in [-0.25, -0.2) is 4.79 Å². The third-order valence-electron chi connectivity index (χ3n) is 5.46. The van der Waals surface area contributed by atoms with Crippen LogP contribution in [0.25, 0.3) is 0 Å². The lowest BCUT2D eigenvalue weighted by atomic mass is 9.88. The molecular formula is C23H21N3O4. The van der Waals surface area contributed by atoms with Crippen LogP contribution in [0.15, 0.2) is 81.2 Å². The molecule has 1 aliphatic heterocycles. The number of ketones is 1. The van der Waals surface area contributed by atoms with Crippen LogP contribution < -0.4 is 15.5 Å². The first-order chi connectivity index (χ1) is 14.7. The van der Waals surface area contributed by atoms with Gasteiger partial charge in [0.05, 0.1) is 30.4 Å². The number of carbonyl (C=O) groups excluding carboxylic acids is 2. The van der Waals surface area contributed by atoms with E-state index in [1.54, 1.807) is 41.7 Å². The first-order valence-electron chi connectivity index (χ1n) is 9.97. The zero-order valence-corrected chi connectivity index (χ0v) is 16.3. The molecule has 1 aromatic carbocycles. The van der Waals surface area contributed by atoms with Crippen molar-refractivity contribution >= 4 is 23.2 Å². The quantitative estimate of drug-likeness (QED) is 0.658. The molecule has 7 nitrogen and oxygen atoms in total. The smallest absolute Gasteiger partial charge is 0.323 e. The summed E-state index contributed by atoms with van der Waals surface area (Å²) in [7, 11) is 0. The predicted molar refractivity (Wildman–Crippen MR) is 111 cm³/mol. The number of benzene rings is 1. The molecule has 0 radical (unpaired) electrons. The number of fused-ring (bicyclic) bond motifs is 1. The normalized spacial score (nSPS) is 18.3. The fraction of sp³-hybridized carbons (Fsp3) is 0.217. The van der Waals surface area contributed by atoms with Crippen molar-refractivity contribution in [1.29, 1.82) is 0 Å². The summed E-state index contributed by atoms with van der Waals surface area (Å²) < 4.78 is 11.1. The number of Topliss-reactive ketones (excluding diaryl/α,β-unsaturated/α-hetero) is 1. The Morgan fingerprint density at radius 2 is 1.90 bits per heavy atom. The number of nitrogens with one attached hydrogen (secondary N) is 2. The van der Waals surface area contributed by atoms with Crippen LogP contribution in [0.4, 0.5) is 16.2 Å². The highest BCUT2D eigenvalue weighted by Gasteiger charge is 2.40. The Kier molecular flexibility index (Phi) is 4.63. The second kappa shape index (κ2) is 7.59. The minimum Gasteiger partial charge on any atom is -0.467 e. The van der Waals surface area contributed by atoms with Gasteiger partial charge in [-0.1, -0.05) is 12.1 Å². The van der Waals surface area contributed by atoms with Gasteiger partial charge in [0.25, 0.3) is 0 Å². The molecule has 0 saturated heterocycles. The van der Waals surface area contributed by atoms with Crippen molar-refractivity contribution in [3.8, 4) is 0 Å². The SMILES string of the molecule is O=C1CCCC2=C1[C@H](c1ccco1)N(C(=O)NCc1ccco1)c1ccccc1N2. The van der Waals surface area contributed by atoms with Crippen molar-refractivity contribution in [3.05, 3.63) is 83.8 Å². The second-order valence-electron chi connectivity index (χ2n) is 7.34. The molecule has 0 unspecified atom stereocenters. The lowest BCUT2D eigenvalue weighted by Crippen LogP contribution is -2.43. The van der Waals surface area contributed by atoms with Gasteiger partial charge in [-0.2, -0.15) is 0 Å². The van der Waals surface area contributed by atoms with Crippen LogP contribution in [0.2, 0.25) is 0 Å². The third-order valence-corrected chi connectivity index (χ3v) is 5.46. The molecule has 3 aromatic rings. The summed E-state index contributed by atoms with van der Waals surface area (Å²) in [5, 5.41) is 6.33. The van der Waals surface area contributed by atoms with Crippen LogP contribution in [0.3, 0.4) is 0 Å². The van der Waals surface area contributed by atoms with E-state index in [2.05, 4.69) is 10.6 Å². The Morgan fingerprint density at radius 3 is 2.70 bits per heavy atom. The van der Waals surface area contributed by atoms with Gasteiger partial charge in [0.1, 0.15) is 17.6 Å². The zero-order valence-electron chi connectivity index (χ0n) is 16.3. The number of carbonyl (C=O) groups is 2. The maximum atomic E-state index is 13.5. The highest BCUT2D eigenvalue weighted by atomic mass is 16.3. The lowest BCUT2D eigenvalue weighted by molar-refractivity contribution is -0.116. The average Bonchev–Trinajstić information content (AvgIpc) is 3.44. The average molecular weight is 403 g/mol. The van der Waals surface area contributed by atoms with Crippen LogP contribution >= 0.6 is 0 Å². The Morgan fingerprint density at radius 1 is 1.07 bits per heavy atom. The topological polar surface area (TPSA) is 87.7 Å². The number of para-hydroxylation sites is 2. The van der Waals surface area contributed by atoms with Crippen molar-refractivity contribution in [2.24, 2.45) is 0 Å². The van der Waals surface area contributed by atoms with E-state index in [4.69, 9.17) is 8.83 Å². The van der Waals surface area contributed by atoms with E-state index in [0.717, 1.165) is 24.2 Å². The van der Waals surface area contributed by atoms with E-state index >= 15 is 0 Å². The third kappa shape index (κ3) is 3.18. The van der Waals surface area contributed by atoms with Crippen molar-refractivity contribution < 1.29 is 18.4 Å². The molecule has 0 bridgehead atoms. The van der Waals surface area contributed by atoms with Gasteiger partial charge >= 0.3 is 6.03 Å². The molecule has 2 N–H and O–H groups in total. The number of hydrogen-bond donors (Lipinski definition) is 2. The van der Waals surface area contributed by atoms with E-state index in [1.807, 2.05) is 24.3 Å². The predicted octanol–water partition coefficient (Wildman–Crippen LogP) is 4.76. The number of urea groups is 1. The van der Waals surface area contributed by atoms with Crippen LogP contribution in [-0.4, -0.2) is 11.8 Å². The maximum Gasteiger partial charge on any atom is 0.323 e. The second-order valence-corrected chi connectivity index (χ2v) is 7.34. The van der Waals surface area contributed by atoms with Crippen molar-refractivity contribution in [2.75, 3.05) is 10.2 Å². The fourth-order valence-corrected chi connectivity index (χ4v) is 4.13. The van der Waals surface area contributed by atoms with E-state index < -0.39 is 6.04 Å². The van der Waals surface area contributed by atoms with Crippen molar-refractivity contribution in [2.45, 2.75) is 31.8 Å². The summed E-state index contributed by atoms with van der Waals surface area (Å²) in [6, 6.07) is 13.7. The van der Waals surface area contributed by atoms with E-state index in [9.17, 15) is 9.59 Å². The van der Waals surface area contributed by atoms with Crippen LogP contribution in [0.1, 0.15) is 36.8 Å². The number of amides is 2. The number of hydrogen-bond acceptors (Lipinski definition) is 5. The summed E-state index contributed by atoms with van der Waals surface area (Å²) in [5.41, 5.74) is 2.89. The highest BCUT2D eigenvalue weighted by Crippen LogP contribution is 2.44. The van der Waals surface area contributed by atoms with Gasteiger partial charge in [0.2, 0.25) is 0 Å². The summed E-state index contributed by atoms with van der Waals surface area (Å²) in [6.45, 7) is 0.239. The molecule has 1 atom stereocenters. The molecule has 5 rings (SSSR count). The lowest BCUT2D eigenvalue weighted by Gasteiger charge is -2.32. The summed E-state index contributed by atoms with van der Waals surface area (Å²) >= 11 is 0. The molecular weight excluding hydrogens is 382 g/mol. The zero-order chi connectivity index (χ0) is 20.5. The van der Waals surface area contributed by atoms with Crippen LogP contribution in [0, 0.1) is 0 Å². The maximum absolute atomic E-state index is 13.5. The Bertz CT molecular complexity index is 1100. The highest BCUT2D eigenvalue weighted by molar-refractivity contribution is 6.05. The molecule has 7 heteroatoms. The Hall–Kier alpha value is -3.74. The molecule has 2 aliphatic rings. The number of rotatable bonds is 3. The molecule has 152 valence electrons. The van der Waals surface area contributed by atoms with Gasteiger partial charge in [-0.3, -0.25) is 9.69 Å². The molecule has 0 fully saturated rings. The summed E-state index contributed by atoms with van der Waals surface area (Å²) in [5.74, 6) is 1.22. The standard InChI is InChI=1S/C23H21N3O4/c27-19-10-3-8-17-21(19)22(20-11-5-13-30-20)26(18-9-2-1-7-16(18)25-17)23(28)24-14-15-6-4-12-29-15/h1-2,4-7,9,11-13,22,25H,3,8,10,14H2,(H,24,28)/t22-/m0/s1. The van der Waals surface area contributed by atoms with Crippen LogP contribution in [-0.2, 0) is 11.3 Å². The van der Waals surface area contributed by atoms with E-state index in [0.29, 0.717) is 29.2 Å². The molecule has 1 aliphatic carbocycles. The minimum atomic E-state index is -0.657. The van der Waals surface area contributed by atoms with Crippen molar-refractivity contribution in [1.82, 2.24) is 5.32 Å². The Balaban J connectivity index is 1.63. The van der Waals surface area contributed by atoms with Gasteiger partial charge in [0, 0.05) is 17.7 Å². The summed E-state index contributed by atoms with van der Waals surface area (Å²) in [6.07, 6.45) is 5.11. The van der Waals surface area contributed by atoms with Gasteiger partial charge < -0.3 is 19.5 Å². The first-order valence-corrected chi connectivity index (χ1v) is 9.97.